The second kappa shape index (κ2) is 3.59. The standard InChI is InChI=1S/C10H10N2O2/c1-7-2-3-9(14-7)10(13)8-6-11-4-5-12-8/h2-6,10,13H,1H3. The molecule has 1 unspecified atom stereocenters. The minimum absolute atomic E-state index is 0.488. The minimum atomic E-state index is -0.836. The normalized spacial score (nSPS) is 12.7. The summed E-state index contributed by atoms with van der Waals surface area (Å²) < 4.78 is 5.28. The molecule has 72 valence electrons. The van der Waals surface area contributed by atoms with Crippen molar-refractivity contribution in [3.63, 3.8) is 0 Å². The van der Waals surface area contributed by atoms with Crippen LogP contribution in [0.15, 0.2) is 35.1 Å². The number of hydrogen-bond donors (Lipinski definition) is 1. The van der Waals surface area contributed by atoms with Crippen molar-refractivity contribution in [3.8, 4) is 0 Å². The molecule has 1 N–H and O–H groups in total. The van der Waals surface area contributed by atoms with Gasteiger partial charge in [-0.3, -0.25) is 9.97 Å². The van der Waals surface area contributed by atoms with Gasteiger partial charge in [0.25, 0.3) is 0 Å². The van der Waals surface area contributed by atoms with E-state index in [0.29, 0.717) is 11.5 Å². The summed E-state index contributed by atoms with van der Waals surface area (Å²) in [4.78, 5) is 7.87. The molecule has 2 aromatic rings. The summed E-state index contributed by atoms with van der Waals surface area (Å²) in [6.07, 6.45) is 3.78. The first-order chi connectivity index (χ1) is 6.77. The lowest BCUT2D eigenvalue weighted by atomic mass is 10.2. The highest BCUT2D eigenvalue weighted by molar-refractivity contribution is 5.16. The van der Waals surface area contributed by atoms with Gasteiger partial charge in [0.1, 0.15) is 11.5 Å². The van der Waals surface area contributed by atoms with Crippen LogP contribution in [0.1, 0.15) is 23.3 Å². The van der Waals surface area contributed by atoms with Gasteiger partial charge in [-0.05, 0) is 19.1 Å². The molecule has 4 nitrogen and oxygen atoms in total. The summed E-state index contributed by atoms with van der Waals surface area (Å²) >= 11 is 0. The molecule has 2 heterocycles. The highest BCUT2D eigenvalue weighted by Crippen LogP contribution is 2.20. The average Bonchev–Trinajstić information content (AvgIpc) is 2.65. The molecule has 0 fully saturated rings. The van der Waals surface area contributed by atoms with Gasteiger partial charge >= 0.3 is 0 Å². The Morgan fingerprint density at radius 2 is 2.21 bits per heavy atom. The van der Waals surface area contributed by atoms with Gasteiger partial charge in [0.15, 0.2) is 6.10 Å². The van der Waals surface area contributed by atoms with Crippen molar-refractivity contribution in [2.24, 2.45) is 0 Å². The molecule has 0 aliphatic heterocycles. The maximum Gasteiger partial charge on any atom is 0.155 e. The highest BCUT2D eigenvalue weighted by Gasteiger charge is 2.14. The van der Waals surface area contributed by atoms with Gasteiger partial charge in [0.2, 0.25) is 0 Å². The summed E-state index contributed by atoms with van der Waals surface area (Å²) in [7, 11) is 0. The number of aromatic nitrogens is 2. The molecule has 4 heteroatoms. The Hall–Kier alpha value is -1.68. The molecule has 0 saturated carbocycles. The van der Waals surface area contributed by atoms with Crippen molar-refractivity contribution >= 4 is 0 Å². The number of aliphatic hydroxyl groups excluding tert-OH is 1. The molecule has 0 aromatic carbocycles. The molecule has 2 rings (SSSR count). The zero-order chi connectivity index (χ0) is 9.97. The van der Waals surface area contributed by atoms with E-state index in [9.17, 15) is 5.11 Å². The first-order valence-corrected chi connectivity index (χ1v) is 4.27. The Morgan fingerprint density at radius 1 is 1.36 bits per heavy atom. The van der Waals surface area contributed by atoms with Crippen molar-refractivity contribution in [1.82, 2.24) is 9.97 Å². The van der Waals surface area contributed by atoms with E-state index in [4.69, 9.17) is 4.42 Å². The first kappa shape index (κ1) is 8.90. The maximum atomic E-state index is 9.81. The van der Waals surface area contributed by atoms with Gasteiger partial charge in [-0.25, -0.2) is 0 Å². The molecular formula is C10H10N2O2. The average molecular weight is 190 g/mol. The van der Waals surface area contributed by atoms with Gasteiger partial charge in [-0.1, -0.05) is 0 Å². The summed E-state index contributed by atoms with van der Waals surface area (Å²) in [5.41, 5.74) is 0.488. The zero-order valence-electron chi connectivity index (χ0n) is 7.71. The van der Waals surface area contributed by atoms with Crippen LogP contribution in [0.4, 0.5) is 0 Å². The van der Waals surface area contributed by atoms with Crippen LogP contribution in [-0.2, 0) is 0 Å². The van der Waals surface area contributed by atoms with Gasteiger partial charge < -0.3 is 9.52 Å². The van der Waals surface area contributed by atoms with Crippen LogP contribution in [-0.4, -0.2) is 15.1 Å². The molecule has 14 heavy (non-hydrogen) atoms. The molecule has 0 radical (unpaired) electrons. The Balaban J connectivity index is 2.29. The van der Waals surface area contributed by atoms with Crippen LogP contribution in [0.25, 0.3) is 0 Å². The second-order valence-electron chi connectivity index (χ2n) is 2.98. The molecule has 0 saturated heterocycles. The van der Waals surface area contributed by atoms with Gasteiger partial charge in [0, 0.05) is 12.4 Å². The quantitative estimate of drug-likeness (QED) is 0.778. The van der Waals surface area contributed by atoms with Crippen LogP contribution >= 0.6 is 0 Å². The van der Waals surface area contributed by atoms with Gasteiger partial charge in [0.05, 0.1) is 11.9 Å². The van der Waals surface area contributed by atoms with Gasteiger partial charge in [-0.15, -0.1) is 0 Å². The number of aryl methyl sites for hydroxylation is 1. The largest absolute Gasteiger partial charge is 0.463 e. The van der Waals surface area contributed by atoms with E-state index in [1.54, 1.807) is 18.3 Å². The van der Waals surface area contributed by atoms with Crippen LogP contribution in [0, 0.1) is 6.92 Å². The molecule has 2 aromatic heterocycles. The van der Waals surface area contributed by atoms with Crippen LogP contribution in [0.2, 0.25) is 0 Å². The number of nitrogens with zero attached hydrogens (tertiary/aromatic N) is 2. The molecule has 0 amide bonds. The van der Waals surface area contributed by atoms with E-state index in [-0.39, 0.29) is 0 Å². The van der Waals surface area contributed by atoms with E-state index in [1.807, 2.05) is 6.92 Å². The van der Waals surface area contributed by atoms with Crippen molar-refractivity contribution in [2.45, 2.75) is 13.0 Å². The van der Waals surface area contributed by atoms with E-state index in [1.165, 1.54) is 12.4 Å². The molecule has 0 bridgehead atoms. The Kier molecular flexibility index (Phi) is 2.28. The summed E-state index contributed by atoms with van der Waals surface area (Å²) in [5.74, 6) is 1.26. The predicted molar refractivity (Wildman–Crippen MR) is 49.5 cm³/mol. The zero-order valence-corrected chi connectivity index (χ0v) is 7.71. The predicted octanol–water partition coefficient (Wildman–Crippen LogP) is 1.46. The number of hydrogen-bond acceptors (Lipinski definition) is 4. The molecule has 0 aliphatic rings. The lowest BCUT2D eigenvalue weighted by Gasteiger charge is -2.05. The second-order valence-corrected chi connectivity index (χ2v) is 2.98. The fraction of sp³-hybridized carbons (Fsp3) is 0.200. The number of furan rings is 1. The fourth-order valence-electron chi connectivity index (χ4n) is 1.20. The summed E-state index contributed by atoms with van der Waals surface area (Å²) in [5, 5.41) is 9.81. The van der Waals surface area contributed by atoms with E-state index in [0.717, 1.165) is 5.76 Å². The van der Waals surface area contributed by atoms with Crippen LogP contribution < -0.4 is 0 Å². The smallest absolute Gasteiger partial charge is 0.155 e. The Bertz CT molecular complexity index is 411. The van der Waals surface area contributed by atoms with E-state index < -0.39 is 6.10 Å². The molecule has 1 atom stereocenters. The number of aliphatic hydroxyl groups is 1. The van der Waals surface area contributed by atoms with Crippen molar-refractivity contribution in [3.05, 3.63) is 47.9 Å². The van der Waals surface area contributed by atoms with Gasteiger partial charge in [-0.2, -0.15) is 0 Å². The van der Waals surface area contributed by atoms with E-state index in [2.05, 4.69) is 9.97 Å². The third-order valence-electron chi connectivity index (χ3n) is 1.89. The molecular weight excluding hydrogens is 180 g/mol. The fourth-order valence-corrected chi connectivity index (χ4v) is 1.20. The third kappa shape index (κ3) is 1.65. The Labute approximate surface area is 81.2 Å². The topological polar surface area (TPSA) is 59.2 Å². The maximum absolute atomic E-state index is 9.81. The molecule has 0 aliphatic carbocycles. The minimum Gasteiger partial charge on any atom is -0.463 e. The van der Waals surface area contributed by atoms with E-state index >= 15 is 0 Å². The lowest BCUT2D eigenvalue weighted by molar-refractivity contribution is 0.183. The SMILES string of the molecule is Cc1ccc(C(O)c2cnccn2)o1. The van der Waals surface area contributed by atoms with Crippen LogP contribution in [0.3, 0.4) is 0 Å². The van der Waals surface area contributed by atoms with Crippen molar-refractivity contribution in [2.75, 3.05) is 0 Å². The van der Waals surface area contributed by atoms with Crippen molar-refractivity contribution < 1.29 is 9.52 Å². The monoisotopic (exact) mass is 190 g/mol. The molecule has 0 spiro atoms. The van der Waals surface area contributed by atoms with Crippen LogP contribution in [0.5, 0.6) is 0 Å². The third-order valence-corrected chi connectivity index (χ3v) is 1.89. The first-order valence-electron chi connectivity index (χ1n) is 4.27. The Morgan fingerprint density at radius 3 is 2.79 bits per heavy atom. The summed E-state index contributed by atoms with van der Waals surface area (Å²) in [6.45, 7) is 1.83. The number of rotatable bonds is 2. The van der Waals surface area contributed by atoms with Crippen molar-refractivity contribution in [1.29, 1.82) is 0 Å². The highest BCUT2D eigenvalue weighted by atomic mass is 16.4. The lowest BCUT2D eigenvalue weighted by Crippen LogP contribution is -2.00. The summed E-state index contributed by atoms with van der Waals surface area (Å²) in [6, 6.07) is 3.53.